The zero-order chi connectivity index (χ0) is 23.2. The minimum atomic E-state index is -4.81. The monoisotopic (exact) mass is 461 g/mol. The molecule has 0 aliphatic heterocycles. The van der Waals surface area contributed by atoms with E-state index in [4.69, 9.17) is 17.0 Å². The fraction of sp³-hybridized carbons (Fsp3) is 0.238. The van der Waals surface area contributed by atoms with E-state index >= 15 is 0 Å². The summed E-state index contributed by atoms with van der Waals surface area (Å²) in [4.78, 5) is 19.5. The van der Waals surface area contributed by atoms with Crippen molar-refractivity contribution in [3.8, 4) is 22.7 Å². The molecule has 0 spiro atoms. The van der Waals surface area contributed by atoms with Crippen molar-refractivity contribution in [1.29, 1.82) is 0 Å². The SMILES string of the molecule is CCn1ncc(-c2cc(C(F)(F)F)c3c(=O)[nH]c(=S)n(-c4ccccc4OC)c3n2)c1C. The first-order valence-electron chi connectivity index (χ1n) is 9.60. The second kappa shape index (κ2) is 7.90. The molecule has 166 valence electrons. The Morgan fingerprint density at radius 1 is 1.25 bits per heavy atom. The van der Waals surface area contributed by atoms with Gasteiger partial charge in [0, 0.05) is 17.8 Å². The van der Waals surface area contributed by atoms with Crippen LogP contribution in [0.1, 0.15) is 18.2 Å². The number of benzene rings is 1. The lowest BCUT2D eigenvalue weighted by molar-refractivity contribution is -0.136. The summed E-state index contributed by atoms with van der Waals surface area (Å²) in [6, 6.07) is 7.52. The fourth-order valence-corrected chi connectivity index (χ4v) is 3.92. The number of rotatable bonds is 4. The van der Waals surface area contributed by atoms with Crippen LogP contribution in [0, 0.1) is 11.7 Å². The Hall–Kier alpha value is -3.47. The molecule has 0 amide bonds. The Balaban J connectivity index is 2.20. The van der Waals surface area contributed by atoms with E-state index in [1.165, 1.54) is 17.9 Å². The number of pyridine rings is 1. The van der Waals surface area contributed by atoms with Gasteiger partial charge < -0.3 is 4.74 Å². The molecule has 3 aromatic heterocycles. The molecule has 0 radical (unpaired) electrons. The van der Waals surface area contributed by atoms with Gasteiger partial charge in [-0.05, 0) is 44.3 Å². The number of halogens is 3. The molecule has 0 unspecified atom stereocenters. The number of aryl methyl sites for hydroxylation is 1. The minimum Gasteiger partial charge on any atom is -0.495 e. The normalized spacial score (nSPS) is 11.8. The summed E-state index contributed by atoms with van der Waals surface area (Å²) in [7, 11) is 1.43. The van der Waals surface area contributed by atoms with Crippen molar-refractivity contribution >= 4 is 23.3 Å². The van der Waals surface area contributed by atoms with Gasteiger partial charge in [0.25, 0.3) is 5.56 Å². The fourth-order valence-electron chi connectivity index (χ4n) is 3.65. The lowest BCUT2D eigenvalue weighted by atomic mass is 10.1. The first kappa shape index (κ1) is 21.8. The number of aromatic amines is 1. The number of nitrogens with one attached hydrogen (secondary N) is 1. The van der Waals surface area contributed by atoms with Gasteiger partial charge in [-0.2, -0.15) is 18.3 Å². The molecule has 4 rings (SSSR count). The quantitative estimate of drug-likeness (QED) is 0.447. The molecule has 32 heavy (non-hydrogen) atoms. The van der Waals surface area contributed by atoms with Crippen molar-refractivity contribution < 1.29 is 17.9 Å². The van der Waals surface area contributed by atoms with E-state index in [1.54, 1.807) is 35.9 Å². The summed E-state index contributed by atoms with van der Waals surface area (Å²) in [5.41, 5.74) is -0.844. The van der Waals surface area contributed by atoms with Gasteiger partial charge in [-0.3, -0.25) is 19.0 Å². The van der Waals surface area contributed by atoms with Crippen LogP contribution in [0.4, 0.5) is 13.2 Å². The number of hydrogen-bond acceptors (Lipinski definition) is 5. The number of ether oxygens (including phenoxy) is 1. The third kappa shape index (κ3) is 3.48. The molecular formula is C21H18F3N5O2S. The summed E-state index contributed by atoms with van der Waals surface area (Å²) in [6.45, 7) is 4.16. The molecule has 11 heteroatoms. The highest BCUT2D eigenvalue weighted by molar-refractivity contribution is 7.71. The molecule has 1 aromatic carbocycles. The largest absolute Gasteiger partial charge is 0.495 e. The maximum Gasteiger partial charge on any atom is 0.417 e. The summed E-state index contributed by atoms with van der Waals surface area (Å²) >= 11 is 5.32. The van der Waals surface area contributed by atoms with E-state index in [1.807, 2.05) is 6.92 Å². The van der Waals surface area contributed by atoms with Crippen molar-refractivity contribution in [1.82, 2.24) is 24.3 Å². The topological polar surface area (TPSA) is 77.7 Å². The summed E-state index contributed by atoms with van der Waals surface area (Å²) in [5, 5.41) is 3.60. The van der Waals surface area contributed by atoms with Gasteiger partial charge in [-0.1, -0.05) is 12.1 Å². The standard InChI is InChI=1S/C21H18F3N5O2S/c1-4-28-11(2)12(10-25-28)14-9-13(21(22,23)24)17-18(26-14)29(20(32)27-19(17)30)15-7-5-6-8-16(15)31-3/h5-10H,4H2,1-3H3,(H,27,30,32). The predicted molar refractivity (Wildman–Crippen MR) is 116 cm³/mol. The van der Waals surface area contributed by atoms with Gasteiger partial charge >= 0.3 is 6.18 Å². The van der Waals surface area contributed by atoms with Crippen LogP contribution in [0.5, 0.6) is 5.75 Å². The van der Waals surface area contributed by atoms with Gasteiger partial charge in [0.2, 0.25) is 0 Å². The van der Waals surface area contributed by atoms with Gasteiger partial charge in [0.05, 0.1) is 35.6 Å². The smallest absolute Gasteiger partial charge is 0.417 e. The summed E-state index contributed by atoms with van der Waals surface area (Å²) in [5.74, 6) is 0.354. The molecule has 0 bridgehead atoms. The van der Waals surface area contributed by atoms with Crippen LogP contribution < -0.4 is 10.3 Å². The summed E-state index contributed by atoms with van der Waals surface area (Å²) < 4.78 is 50.4. The highest BCUT2D eigenvalue weighted by Gasteiger charge is 2.36. The van der Waals surface area contributed by atoms with Crippen LogP contribution in [0.15, 0.2) is 41.3 Å². The Morgan fingerprint density at radius 3 is 2.59 bits per heavy atom. The van der Waals surface area contributed by atoms with Gasteiger partial charge in [0.1, 0.15) is 5.75 Å². The van der Waals surface area contributed by atoms with E-state index in [0.29, 0.717) is 29.2 Å². The van der Waals surface area contributed by atoms with Crippen molar-refractivity contribution in [3.05, 3.63) is 62.9 Å². The maximum absolute atomic E-state index is 14.1. The third-order valence-corrected chi connectivity index (χ3v) is 5.46. The highest BCUT2D eigenvalue weighted by Crippen LogP contribution is 2.37. The highest BCUT2D eigenvalue weighted by atomic mass is 32.1. The number of hydrogen-bond donors (Lipinski definition) is 1. The van der Waals surface area contributed by atoms with Gasteiger partial charge in [-0.25, -0.2) is 4.98 Å². The van der Waals surface area contributed by atoms with Crippen molar-refractivity contribution in [3.63, 3.8) is 0 Å². The Kier molecular flexibility index (Phi) is 5.37. The molecule has 1 N–H and O–H groups in total. The average molecular weight is 461 g/mol. The first-order chi connectivity index (χ1) is 15.2. The van der Waals surface area contributed by atoms with Crippen LogP contribution >= 0.6 is 12.2 Å². The van der Waals surface area contributed by atoms with E-state index in [9.17, 15) is 18.0 Å². The number of nitrogens with zero attached hydrogens (tertiary/aromatic N) is 4. The lowest BCUT2D eigenvalue weighted by Gasteiger charge is -2.17. The first-order valence-corrected chi connectivity index (χ1v) is 10.0. The minimum absolute atomic E-state index is 0.0330. The molecule has 0 fully saturated rings. The number of H-pyrrole nitrogens is 1. The molecule has 3 heterocycles. The third-order valence-electron chi connectivity index (χ3n) is 5.17. The Morgan fingerprint density at radius 2 is 1.97 bits per heavy atom. The van der Waals surface area contributed by atoms with Crippen LogP contribution in [0.25, 0.3) is 28.0 Å². The average Bonchev–Trinajstić information content (AvgIpc) is 3.13. The van der Waals surface area contributed by atoms with Crippen LogP contribution in [0.3, 0.4) is 0 Å². The second-order valence-corrected chi connectivity index (χ2v) is 7.36. The molecule has 0 atom stereocenters. The van der Waals surface area contributed by atoms with E-state index in [-0.39, 0.29) is 16.1 Å². The van der Waals surface area contributed by atoms with Crippen molar-refractivity contribution in [2.45, 2.75) is 26.6 Å². The zero-order valence-corrected chi connectivity index (χ0v) is 18.1. The molecule has 0 saturated heterocycles. The molecular weight excluding hydrogens is 443 g/mol. The number of aromatic nitrogens is 5. The van der Waals surface area contributed by atoms with Crippen LogP contribution in [-0.2, 0) is 12.7 Å². The van der Waals surface area contributed by atoms with E-state index < -0.39 is 22.7 Å². The van der Waals surface area contributed by atoms with Crippen LogP contribution in [0.2, 0.25) is 0 Å². The lowest BCUT2D eigenvalue weighted by Crippen LogP contribution is -2.20. The van der Waals surface area contributed by atoms with E-state index in [2.05, 4.69) is 15.1 Å². The van der Waals surface area contributed by atoms with Gasteiger partial charge in [0.15, 0.2) is 10.4 Å². The molecule has 0 aliphatic rings. The predicted octanol–water partition coefficient (Wildman–Crippen LogP) is 4.66. The van der Waals surface area contributed by atoms with Crippen molar-refractivity contribution in [2.75, 3.05) is 7.11 Å². The summed E-state index contributed by atoms with van der Waals surface area (Å²) in [6.07, 6.45) is -3.35. The number of para-hydroxylation sites is 2. The Bertz CT molecular complexity index is 1450. The second-order valence-electron chi connectivity index (χ2n) is 6.98. The van der Waals surface area contributed by atoms with Crippen molar-refractivity contribution in [2.24, 2.45) is 0 Å². The van der Waals surface area contributed by atoms with Crippen LogP contribution in [-0.4, -0.2) is 31.4 Å². The molecule has 7 nitrogen and oxygen atoms in total. The maximum atomic E-state index is 14.1. The Labute approximate surface area is 185 Å². The number of fused-ring (bicyclic) bond motifs is 1. The number of alkyl halides is 3. The molecule has 0 saturated carbocycles. The molecule has 0 aliphatic carbocycles. The van der Waals surface area contributed by atoms with E-state index in [0.717, 1.165) is 6.07 Å². The number of methoxy groups -OCH3 is 1. The zero-order valence-electron chi connectivity index (χ0n) is 17.3. The molecule has 4 aromatic rings. The van der Waals surface area contributed by atoms with Gasteiger partial charge in [-0.15, -0.1) is 0 Å².